The molecule has 1 saturated heterocycles. The van der Waals surface area contributed by atoms with Gasteiger partial charge in [0, 0.05) is 12.2 Å². The first-order valence-electron chi connectivity index (χ1n) is 10.8. The molecule has 7 nitrogen and oxygen atoms in total. The molecule has 0 saturated carbocycles. The Hall–Kier alpha value is -2.97. The van der Waals surface area contributed by atoms with Crippen LogP contribution in [-0.4, -0.2) is 46.9 Å². The Morgan fingerprint density at radius 3 is 2.64 bits per heavy atom. The molecule has 0 amide bonds. The minimum Gasteiger partial charge on any atom is -0.465 e. The van der Waals surface area contributed by atoms with Gasteiger partial charge in [-0.2, -0.15) is 0 Å². The third kappa shape index (κ3) is 5.02. The lowest BCUT2D eigenvalue weighted by Gasteiger charge is -2.16. The number of Topliss-reactive ketones (excluding diaryl/α,β-unsaturated/α-hetero) is 1. The number of esters is 1. The number of ether oxygens (including phenoxy) is 2. The van der Waals surface area contributed by atoms with Gasteiger partial charge in [0.1, 0.15) is 0 Å². The highest BCUT2D eigenvalue weighted by molar-refractivity contribution is 7.99. The maximum atomic E-state index is 13.3. The molecule has 172 valence electrons. The summed E-state index contributed by atoms with van der Waals surface area (Å²) in [5.74, 6) is -0.395. The number of fused-ring (bicyclic) bond motifs is 1. The van der Waals surface area contributed by atoms with E-state index in [1.54, 1.807) is 22.8 Å². The number of thioether (sulfide) groups is 1. The van der Waals surface area contributed by atoms with Crippen LogP contribution in [0.1, 0.15) is 44.7 Å². The molecule has 33 heavy (non-hydrogen) atoms. The van der Waals surface area contributed by atoms with Crippen LogP contribution in [0.5, 0.6) is 0 Å². The summed E-state index contributed by atoms with van der Waals surface area (Å²) in [4.78, 5) is 42.8. The summed E-state index contributed by atoms with van der Waals surface area (Å²) in [6.07, 6.45) is 1.76. The fourth-order valence-electron chi connectivity index (χ4n) is 3.84. The molecule has 0 N–H and O–H groups in total. The average molecular weight is 467 g/mol. The minimum absolute atomic E-state index is 0.0376. The van der Waals surface area contributed by atoms with Crippen molar-refractivity contribution < 1.29 is 19.1 Å². The normalized spacial score (nSPS) is 15.7. The molecule has 1 aromatic heterocycles. The summed E-state index contributed by atoms with van der Waals surface area (Å²) < 4.78 is 12.1. The van der Waals surface area contributed by atoms with Gasteiger partial charge in [-0.05, 0) is 62.1 Å². The SMILES string of the molecule is COC(=O)c1ccc2c(=O)n(CC3CCCO3)c(SCC(=O)c3ccc(C)c(C)c3)nc2c1. The Kier molecular flexibility index (Phi) is 6.95. The van der Waals surface area contributed by atoms with Crippen molar-refractivity contribution in [3.8, 4) is 0 Å². The quantitative estimate of drug-likeness (QED) is 0.225. The highest BCUT2D eigenvalue weighted by Crippen LogP contribution is 2.23. The van der Waals surface area contributed by atoms with Gasteiger partial charge in [0.25, 0.3) is 5.56 Å². The van der Waals surface area contributed by atoms with Crippen LogP contribution in [0.15, 0.2) is 46.3 Å². The molecule has 1 unspecified atom stereocenters. The fourth-order valence-corrected chi connectivity index (χ4v) is 4.74. The molecule has 2 aromatic carbocycles. The van der Waals surface area contributed by atoms with E-state index in [9.17, 15) is 14.4 Å². The van der Waals surface area contributed by atoms with Crippen LogP contribution in [0.4, 0.5) is 0 Å². The molecule has 0 spiro atoms. The number of methoxy groups -OCH3 is 1. The summed E-state index contributed by atoms with van der Waals surface area (Å²) >= 11 is 1.22. The first-order valence-corrected chi connectivity index (χ1v) is 11.8. The maximum absolute atomic E-state index is 13.3. The first kappa shape index (κ1) is 23.2. The number of carbonyl (C=O) groups is 2. The van der Waals surface area contributed by atoms with Gasteiger partial charge in [-0.25, -0.2) is 9.78 Å². The molecule has 1 atom stereocenters. The van der Waals surface area contributed by atoms with Gasteiger partial charge in [0.2, 0.25) is 0 Å². The molecule has 0 radical (unpaired) electrons. The van der Waals surface area contributed by atoms with E-state index in [1.165, 1.54) is 18.9 Å². The molecule has 1 fully saturated rings. The van der Waals surface area contributed by atoms with Crippen LogP contribution >= 0.6 is 11.8 Å². The number of aryl methyl sites for hydroxylation is 2. The van der Waals surface area contributed by atoms with Gasteiger partial charge in [-0.15, -0.1) is 0 Å². The molecular formula is C25H26N2O5S. The second-order valence-electron chi connectivity index (χ2n) is 8.18. The van der Waals surface area contributed by atoms with E-state index in [0.29, 0.717) is 40.3 Å². The average Bonchev–Trinajstić information content (AvgIpc) is 3.33. The lowest BCUT2D eigenvalue weighted by atomic mass is 10.0. The topological polar surface area (TPSA) is 87.5 Å². The molecular weight excluding hydrogens is 440 g/mol. The predicted molar refractivity (Wildman–Crippen MR) is 127 cm³/mol. The predicted octanol–water partition coefficient (Wildman–Crippen LogP) is 3.95. The van der Waals surface area contributed by atoms with E-state index < -0.39 is 5.97 Å². The number of carbonyl (C=O) groups excluding carboxylic acids is 2. The van der Waals surface area contributed by atoms with Crippen LogP contribution in [0, 0.1) is 13.8 Å². The fraction of sp³-hybridized carbons (Fsp3) is 0.360. The molecule has 0 bridgehead atoms. The highest BCUT2D eigenvalue weighted by atomic mass is 32.2. The van der Waals surface area contributed by atoms with Crippen molar-refractivity contribution in [2.24, 2.45) is 0 Å². The number of aromatic nitrogens is 2. The molecule has 0 aliphatic carbocycles. The zero-order chi connectivity index (χ0) is 23.5. The van der Waals surface area contributed by atoms with Crippen LogP contribution < -0.4 is 5.56 Å². The molecule has 4 rings (SSSR count). The van der Waals surface area contributed by atoms with E-state index in [2.05, 4.69) is 4.98 Å². The third-order valence-electron chi connectivity index (χ3n) is 5.91. The minimum atomic E-state index is -0.499. The second kappa shape index (κ2) is 9.89. The van der Waals surface area contributed by atoms with Crippen molar-refractivity contribution in [1.82, 2.24) is 9.55 Å². The first-order chi connectivity index (χ1) is 15.9. The van der Waals surface area contributed by atoms with Gasteiger partial charge < -0.3 is 9.47 Å². The van der Waals surface area contributed by atoms with Crippen molar-refractivity contribution in [3.05, 3.63) is 69.0 Å². The smallest absolute Gasteiger partial charge is 0.337 e. The summed E-state index contributed by atoms with van der Waals surface area (Å²) in [6.45, 7) is 5.03. The monoisotopic (exact) mass is 466 g/mol. The van der Waals surface area contributed by atoms with Gasteiger partial charge in [-0.1, -0.05) is 23.9 Å². The van der Waals surface area contributed by atoms with E-state index >= 15 is 0 Å². The number of hydrogen-bond acceptors (Lipinski definition) is 7. The maximum Gasteiger partial charge on any atom is 0.337 e. The van der Waals surface area contributed by atoms with E-state index in [-0.39, 0.29) is 23.2 Å². The van der Waals surface area contributed by atoms with Crippen molar-refractivity contribution >= 4 is 34.4 Å². The highest BCUT2D eigenvalue weighted by Gasteiger charge is 2.21. The zero-order valence-electron chi connectivity index (χ0n) is 18.9. The summed E-state index contributed by atoms with van der Waals surface area (Å²) in [6, 6.07) is 10.3. The zero-order valence-corrected chi connectivity index (χ0v) is 19.7. The number of rotatable bonds is 7. The van der Waals surface area contributed by atoms with Crippen molar-refractivity contribution in [1.29, 1.82) is 0 Å². The number of nitrogens with zero attached hydrogens (tertiary/aromatic N) is 2. The van der Waals surface area contributed by atoms with Crippen LogP contribution in [0.3, 0.4) is 0 Å². The van der Waals surface area contributed by atoms with Gasteiger partial charge in [-0.3, -0.25) is 14.2 Å². The van der Waals surface area contributed by atoms with Crippen LogP contribution in [0.2, 0.25) is 0 Å². The van der Waals surface area contributed by atoms with Gasteiger partial charge >= 0.3 is 5.97 Å². The number of benzene rings is 2. The third-order valence-corrected chi connectivity index (χ3v) is 6.89. The van der Waals surface area contributed by atoms with Crippen molar-refractivity contribution in [2.75, 3.05) is 19.5 Å². The largest absolute Gasteiger partial charge is 0.465 e. The Bertz CT molecular complexity index is 1280. The van der Waals surface area contributed by atoms with Crippen LogP contribution in [0.25, 0.3) is 10.9 Å². The van der Waals surface area contributed by atoms with Gasteiger partial charge in [0.05, 0.1) is 42.0 Å². The Balaban J connectivity index is 1.69. The standard InChI is InChI=1S/C25H26N2O5S/c1-15-6-7-17(11-16(15)2)22(28)14-33-25-26-21-12-18(24(30)31-3)8-9-20(21)23(29)27(25)13-19-5-4-10-32-19/h6-9,11-12,19H,4-5,10,13-14H2,1-3H3. The van der Waals surface area contributed by atoms with E-state index in [4.69, 9.17) is 9.47 Å². The Morgan fingerprint density at radius 1 is 1.15 bits per heavy atom. The molecule has 1 aliphatic rings. The van der Waals surface area contributed by atoms with Crippen molar-refractivity contribution in [3.63, 3.8) is 0 Å². The molecule has 3 aromatic rings. The van der Waals surface area contributed by atoms with E-state index in [0.717, 1.165) is 24.0 Å². The number of ketones is 1. The van der Waals surface area contributed by atoms with Crippen molar-refractivity contribution in [2.45, 2.75) is 44.5 Å². The summed E-state index contributed by atoms with van der Waals surface area (Å²) in [5, 5.41) is 0.840. The van der Waals surface area contributed by atoms with Crippen LogP contribution in [-0.2, 0) is 16.0 Å². The van der Waals surface area contributed by atoms with Gasteiger partial charge in [0.15, 0.2) is 10.9 Å². The second-order valence-corrected chi connectivity index (χ2v) is 9.12. The Labute approximate surface area is 196 Å². The lowest BCUT2D eigenvalue weighted by Crippen LogP contribution is -2.29. The Morgan fingerprint density at radius 2 is 1.94 bits per heavy atom. The molecule has 2 heterocycles. The van der Waals surface area contributed by atoms with E-state index in [1.807, 2.05) is 32.0 Å². The molecule has 1 aliphatic heterocycles. The lowest BCUT2D eigenvalue weighted by molar-refractivity contribution is 0.0600. The summed E-state index contributed by atoms with van der Waals surface area (Å²) in [5.41, 5.74) is 3.31. The number of hydrogen-bond donors (Lipinski definition) is 0. The summed E-state index contributed by atoms with van der Waals surface area (Å²) in [7, 11) is 1.30. The molecule has 8 heteroatoms.